The van der Waals surface area contributed by atoms with Crippen LogP contribution in [0.25, 0.3) is 5.69 Å². The topological polar surface area (TPSA) is 112 Å². The number of benzene rings is 1. The van der Waals surface area contributed by atoms with Crippen LogP contribution in [-0.2, 0) is 0 Å². The van der Waals surface area contributed by atoms with Gasteiger partial charge in [0.2, 0.25) is 0 Å². The van der Waals surface area contributed by atoms with E-state index in [1.807, 2.05) is 0 Å². The zero-order valence-electron chi connectivity index (χ0n) is 9.51. The number of nitrogens with one attached hydrogen (secondary N) is 1. The van der Waals surface area contributed by atoms with E-state index in [2.05, 4.69) is 14.7 Å². The molecule has 2 rings (SSSR count). The van der Waals surface area contributed by atoms with Gasteiger partial charge >= 0.3 is 17.4 Å². The van der Waals surface area contributed by atoms with Crippen LogP contribution in [0, 0.1) is 0 Å². The Morgan fingerprint density at radius 1 is 1.28 bits per heavy atom. The summed E-state index contributed by atoms with van der Waals surface area (Å²) in [6, 6.07) is 6.13. The molecule has 0 atom stereocenters. The van der Waals surface area contributed by atoms with E-state index in [1.54, 1.807) is 24.3 Å². The first kappa shape index (κ1) is 13.9. The number of ether oxygens (including phenoxy) is 1. The van der Waals surface area contributed by atoms with E-state index < -0.39 is 11.4 Å². The Hall–Kier alpha value is -2.12. The molecule has 0 spiro atoms. The first-order chi connectivity index (χ1) is 8.11. The molecule has 1 aromatic carbocycles. The standard InChI is InChI=1S/C10H8ClN3O3.H3N/c1-17-8-12-9(15)14(10(16)13-8)7-4-2-6(11)3-5-7;/h2-5H,1H3,(H,12,13,15,16);1H3. The maximum Gasteiger partial charge on any atom is 0.360 e. The molecule has 0 fully saturated rings. The molecular weight excluding hydrogens is 260 g/mol. The van der Waals surface area contributed by atoms with E-state index in [0.29, 0.717) is 10.7 Å². The highest BCUT2D eigenvalue weighted by Gasteiger charge is 2.07. The first-order valence-electron chi connectivity index (χ1n) is 4.65. The maximum absolute atomic E-state index is 11.7. The van der Waals surface area contributed by atoms with E-state index in [9.17, 15) is 9.59 Å². The van der Waals surface area contributed by atoms with Crippen molar-refractivity contribution in [2.45, 2.75) is 0 Å². The highest BCUT2D eigenvalue weighted by Crippen LogP contribution is 2.10. The largest absolute Gasteiger partial charge is 0.468 e. The van der Waals surface area contributed by atoms with Crippen molar-refractivity contribution in [1.82, 2.24) is 20.7 Å². The Bertz CT molecular complexity index is 616. The minimum Gasteiger partial charge on any atom is -0.468 e. The molecule has 18 heavy (non-hydrogen) atoms. The normalized spacial score (nSPS) is 9.67. The van der Waals surface area contributed by atoms with E-state index in [-0.39, 0.29) is 12.2 Å². The second kappa shape index (κ2) is 5.48. The summed E-state index contributed by atoms with van der Waals surface area (Å²) in [4.78, 5) is 29.2. The van der Waals surface area contributed by atoms with Gasteiger partial charge in [0.1, 0.15) is 0 Å². The molecule has 0 unspecified atom stereocenters. The second-order valence-electron chi connectivity index (χ2n) is 3.15. The van der Waals surface area contributed by atoms with Gasteiger partial charge in [0.15, 0.2) is 0 Å². The fourth-order valence-electron chi connectivity index (χ4n) is 1.31. The van der Waals surface area contributed by atoms with Crippen molar-refractivity contribution >= 4 is 11.6 Å². The lowest BCUT2D eigenvalue weighted by Crippen LogP contribution is -2.35. The summed E-state index contributed by atoms with van der Waals surface area (Å²) in [6.07, 6.45) is 0. The number of aromatic amines is 1. The van der Waals surface area contributed by atoms with E-state index in [4.69, 9.17) is 11.6 Å². The Morgan fingerprint density at radius 2 is 1.89 bits per heavy atom. The number of nitrogens with zero attached hydrogens (tertiary/aromatic N) is 2. The van der Waals surface area contributed by atoms with Gasteiger partial charge in [-0.05, 0) is 24.3 Å². The summed E-state index contributed by atoms with van der Waals surface area (Å²) >= 11 is 5.72. The van der Waals surface area contributed by atoms with Crippen molar-refractivity contribution in [3.8, 4) is 11.7 Å². The molecule has 7 nitrogen and oxygen atoms in total. The summed E-state index contributed by atoms with van der Waals surface area (Å²) in [5.74, 6) is 0. The molecule has 4 N–H and O–H groups in total. The molecule has 1 heterocycles. The number of hydrogen-bond acceptors (Lipinski definition) is 5. The maximum atomic E-state index is 11.7. The van der Waals surface area contributed by atoms with Crippen LogP contribution in [0.1, 0.15) is 0 Å². The molecule has 0 radical (unpaired) electrons. The summed E-state index contributed by atoms with van der Waals surface area (Å²) in [6.45, 7) is 0. The summed E-state index contributed by atoms with van der Waals surface area (Å²) in [7, 11) is 1.31. The molecule has 8 heteroatoms. The lowest BCUT2D eigenvalue weighted by Gasteiger charge is -2.04. The number of aromatic nitrogens is 3. The summed E-state index contributed by atoms with van der Waals surface area (Å²) in [5.41, 5.74) is -0.951. The quantitative estimate of drug-likeness (QED) is 0.836. The van der Waals surface area contributed by atoms with Crippen molar-refractivity contribution in [1.29, 1.82) is 0 Å². The number of rotatable bonds is 2. The predicted octanol–water partition coefficient (Wildman–Crippen LogP) is 0.745. The Kier molecular flexibility index (Phi) is 4.24. The van der Waals surface area contributed by atoms with Gasteiger partial charge in [0.25, 0.3) is 0 Å². The third-order valence-electron chi connectivity index (χ3n) is 2.08. The molecule has 0 amide bonds. The van der Waals surface area contributed by atoms with Crippen molar-refractivity contribution in [2.75, 3.05) is 7.11 Å². The number of halogens is 1. The zero-order chi connectivity index (χ0) is 12.4. The van der Waals surface area contributed by atoms with Crippen LogP contribution in [0.2, 0.25) is 5.02 Å². The van der Waals surface area contributed by atoms with Crippen LogP contribution in [0.4, 0.5) is 0 Å². The van der Waals surface area contributed by atoms with Crippen LogP contribution < -0.4 is 22.3 Å². The Labute approximate surface area is 107 Å². The molecular formula is C10H11ClN4O3. The molecule has 0 aliphatic rings. The third-order valence-corrected chi connectivity index (χ3v) is 2.34. The summed E-state index contributed by atoms with van der Waals surface area (Å²) in [5, 5.41) is 0.514. The average Bonchev–Trinajstić information content (AvgIpc) is 2.30. The molecule has 0 saturated heterocycles. The minimum atomic E-state index is -0.715. The average molecular weight is 271 g/mol. The molecule has 96 valence electrons. The smallest absolute Gasteiger partial charge is 0.360 e. The lowest BCUT2D eigenvalue weighted by molar-refractivity contribution is 0.372. The SMILES string of the molecule is COc1nc(=O)n(-c2ccc(Cl)cc2)c(=O)[nH]1.N. The molecule has 0 bridgehead atoms. The molecule has 0 saturated carbocycles. The second-order valence-corrected chi connectivity index (χ2v) is 3.58. The van der Waals surface area contributed by atoms with Crippen molar-refractivity contribution < 1.29 is 4.74 Å². The van der Waals surface area contributed by atoms with E-state index in [1.165, 1.54) is 7.11 Å². The monoisotopic (exact) mass is 270 g/mol. The number of hydrogen-bond donors (Lipinski definition) is 2. The van der Waals surface area contributed by atoms with Gasteiger partial charge in [-0.15, -0.1) is 4.98 Å². The fourth-order valence-corrected chi connectivity index (χ4v) is 1.44. The highest BCUT2D eigenvalue weighted by atomic mass is 35.5. The van der Waals surface area contributed by atoms with Crippen molar-refractivity contribution in [3.63, 3.8) is 0 Å². The van der Waals surface area contributed by atoms with Crippen LogP contribution >= 0.6 is 11.6 Å². The van der Waals surface area contributed by atoms with Crippen LogP contribution in [-0.4, -0.2) is 21.6 Å². The molecule has 0 aliphatic heterocycles. The van der Waals surface area contributed by atoms with Gasteiger partial charge in [-0.25, -0.2) is 14.2 Å². The van der Waals surface area contributed by atoms with Gasteiger partial charge in [-0.2, -0.15) is 0 Å². The number of H-pyrrole nitrogens is 1. The first-order valence-corrected chi connectivity index (χ1v) is 5.03. The molecule has 2 aromatic rings. The van der Waals surface area contributed by atoms with Crippen LogP contribution in [0.5, 0.6) is 6.01 Å². The minimum absolute atomic E-state index is 0. The number of methoxy groups -OCH3 is 1. The van der Waals surface area contributed by atoms with Crippen molar-refractivity contribution in [2.24, 2.45) is 0 Å². The third kappa shape index (κ3) is 2.58. The van der Waals surface area contributed by atoms with Gasteiger partial charge in [0.05, 0.1) is 12.8 Å². The Morgan fingerprint density at radius 3 is 2.39 bits per heavy atom. The van der Waals surface area contributed by atoms with Gasteiger partial charge in [-0.3, -0.25) is 4.98 Å². The van der Waals surface area contributed by atoms with E-state index in [0.717, 1.165) is 4.57 Å². The van der Waals surface area contributed by atoms with E-state index >= 15 is 0 Å². The fraction of sp³-hybridized carbons (Fsp3) is 0.100. The summed E-state index contributed by atoms with van der Waals surface area (Å²) < 4.78 is 5.57. The molecule has 0 aliphatic carbocycles. The van der Waals surface area contributed by atoms with Crippen LogP contribution in [0.3, 0.4) is 0 Å². The molecule has 1 aromatic heterocycles. The predicted molar refractivity (Wildman–Crippen MR) is 67.0 cm³/mol. The lowest BCUT2D eigenvalue weighted by atomic mass is 10.3. The zero-order valence-corrected chi connectivity index (χ0v) is 10.3. The van der Waals surface area contributed by atoms with Gasteiger partial charge < -0.3 is 10.9 Å². The van der Waals surface area contributed by atoms with Crippen molar-refractivity contribution in [3.05, 3.63) is 50.3 Å². The van der Waals surface area contributed by atoms with Gasteiger partial charge in [0, 0.05) is 5.02 Å². The Balaban J connectivity index is 0.00000162. The van der Waals surface area contributed by atoms with Gasteiger partial charge in [-0.1, -0.05) is 11.6 Å². The highest BCUT2D eigenvalue weighted by molar-refractivity contribution is 6.30. The van der Waals surface area contributed by atoms with Crippen LogP contribution in [0.15, 0.2) is 33.9 Å².